The molecule has 0 aliphatic carbocycles. The molecule has 10 rings (SSSR count). The Bertz CT molecular complexity index is 3200. The highest BCUT2D eigenvalue weighted by Crippen LogP contribution is 2.40. The van der Waals surface area contributed by atoms with Crippen LogP contribution in [0.25, 0.3) is 27.8 Å². The van der Waals surface area contributed by atoms with Gasteiger partial charge in [-0.05, 0) is 96.5 Å². The van der Waals surface area contributed by atoms with Crippen LogP contribution >= 0.6 is 0 Å². The number of phenols is 3. The summed E-state index contributed by atoms with van der Waals surface area (Å²) in [6.07, 6.45) is 4.45. The number of amides is 2. The van der Waals surface area contributed by atoms with Gasteiger partial charge in [-0.2, -0.15) is 4.98 Å². The van der Waals surface area contributed by atoms with E-state index in [2.05, 4.69) is 67.6 Å². The molecule has 2 aromatic heterocycles. The average Bonchev–Trinajstić information content (AvgIpc) is 3.81. The van der Waals surface area contributed by atoms with Gasteiger partial charge < -0.3 is 45.3 Å². The van der Waals surface area contributed by atoms with Gasteiger partial charge in [-0.1, -0.05) is 86.5 Å². The first-order valence-electron chi connectivity index (χ1n) is 26.8. The first kappa shape index (κ1) is 51.6. The molecule has 2 amide bonds. The summed E-state index contributed by atoms with van der Waals surface area (Å²) in [6, 6.07) is 31.1. The summed E-state index contributed by atoms with van der Waals surface area (Å²) in [5.41, 5.74) is 8.26. The molecule has 7 aromatic rings. The average molecular weight is 1030 g/mol. The third-order valence-corrected chi connectivity index (χ3v) is 15.3. The molecule has 5 heterocycles. The Labute approximate surface area is 444 Å². The number of nitrogens with one attached hydrogen (secondary N) is 1. The van der Waals surface area contributed by atoms with Crippen molar-refractivity contribution in [1.29, 1.82) is 0 Å². The number of rotatable bonds is 16. The van der Waals surface area contributed by atoms with Crippen LogP contribution in [0.15, 0.2) is 97.1 Å². The predicted molar refractivity (Wildman–Crippen MR) is 295 cm³/mol. The van der Waals surface area contributed by atoms with Crippen LogP contribution in [0, 0.1) is 5.92 Å². The monoisotopic (exact) mass is 1030 g/mol. The molecule has 3 aliphatic heterocycles. The minimum Gasteiger partial charge on any atom is -0.508 e. The molecule has 5 aromatic carbocycles. The minimum absolute atomic E-state index is 0.000362. The van der Waals surface area contributed by atoms with E-state index in [0.29, 0.717) is 87.3 Å². The summed E-state index contributed by atoms with van der Waals surface area (Å²) >= 11 is 0. The van der Waals surface area contributed by atoms with E-state index in [1.165, 1.54) is 21.8 Å². The summed E-state index contributed by atoms with van der Waals surface area (Å²) in [4.78, 5) is 47.0. The number of nitrogens with zero attached hydrogens (tertiary/aromatic N) is 10. The Morgan fingerprint density at radius 2 is 1.42 bits per heavy atom. The summed E-state index contributed by atoms with van der Waals surface area (Å²) in [7, 11) is 2.09. The standard InChI is InChI=1S/C59H69N11O6/c1-5-54(74)67-26-28-68(29-27-67)56-47-21-25-69(51-32-45(71)31-43-8-6-7-9-46(43)51)37-50(47)61-58(62-56)60-22-18-55(75)66-23-19-40(20-24-66)30-39-10-12-41(13-11-39)35-65(4)36-42-14-16-44(17-15-42)70-57(63-64-59(70)76)49-33-48(38(2)3)52(72)34-53(49)73/h6-17,31-34,38,40,71-73H,5,18-30,35-37H2,1-4H3,(H,64,76)(H,60,61,62). The van der Waals surface area contributed by atoms with Gasteiger partial charge >= 0.3 is 6.01 Å². The molecule has 2 fully saturated rings. The largest absolute Gasteiger partial charge is 0.508 e. The number of hydrogen-bond donors (Lipinski definition) is 5. The summed E-state index contributed by atoms with van der Waals surface area (Å²) in [6.45, 7) is 13.1. The zero-order valence-electron chi connectivity index (χ0n) is 44.0. The highest BCUT2D eigenvalue weighted by atomic mass is 16.3. The van der Waals surface area contributed by atoms with E-state index in [1.807, 2.05) is 79.1 Å². The first-order chi connectivity index (χ1) is 36.8. The Hall–Kier alpha value is -7.92. The van der Waals surface area contributed by atoms with Crippen LogP contribution in [0.2, 0.25) is 0 Å². The van der Waals surface area contributed by atoms with Crippen molar-refractivity contribution in [3.63, 3.8) is 0 Å². The molecule has 0 bridgehead atoms. The molecular formula is C59H69N11O6. The van der Waals surface area contributed by atoms with Crippen LogP contribution in [-0.4, -0.2) is 131 Å². The topological polar surface area (TPSA) is 200 Å². The smallest absolute Gasteiger partial charge is 0.319 e. The van der Waals surface area contributed by atoms with Crippen LogP contribution in [-0.2, 0) is 42.1 Å². The summed E-state index contributed by atoms with van der Waals surface area (Å²) < 4.78 is 1.48. The van der Waals surface area contributed by atoms with Crippen molar-refractivity contribution in [3.8, 4) is 40.3 Å². The van der Waals surface area contributed by atoms with Crippen LogP contribution in [0.3, 0.4) is 0 Å². The van der Waals surface area contributed by atoms with Crippen molar-refractivity contribution < 1.29 is 30.0 Å². The highest BCUT2D eigenvalue weighted by molar-refractivity contribution is 5.95. The molecular weight excluding hydrogens is 959 g/mol. The number of piperidine rings is 1. The molecule has 0 spiro atoms. The maximum Gasteiger partial charge on any atom is 0.319 e. The van der Waals surface area contributed by atoms with Crippen LogP contribution in [0.1, 0.15) is 85.9 Å². The van der Waals surface area contributed by atoms with E-state index in [4.69, 9.17) is 9.97 Å². The number of benzene rings is 5. The van der Waals surface area contributed by atoms with Gasteiger partial charge in [0.25, 0.3) is 0 Å². The fraction of sp³-hybridized carbons (Fsp3) is 0.390. The van der Waals surface area contributed by atoms with Crippen molar-refractivity contribution in [2.45, 2.75) is 84.8 Å². The second-order valence-electron chi connectivity index (χ2n) is 21.0. The quantitative estimate of drug-likeness (QED) is 0.0619. The van der Waals surface area contributed by atoms with E-state index in [9.17, 15) is 30.0 Å². The Morgan fingerprint density at radius 1 is 0.737 bits per heavy atom. The number of likely N-dealkylation sites (tertiary alicyclic amines) is 1. The number of aromatic hydroxyl groups is 4. The Morgan fingerprint density at radius 3 is 2.13 bits per heavy atom. The first-order valence-corrected chi connectivity index (χ1v) is 26.8. The lowest BCUT2D eigenvalue weighted by atomic mass is 9.90. The fourth-order valence-electron chi connectivity index (χ4n) is 11.2. The van der Waals surface area contributed by atoms with Crippen molar-refractivity contribution in [1.82, 2.24) is 39.4 Å². The third kappa shape index (κ3) is 11.3. The molecule has 0 radical (unpaired) electrons. The molecule has 396 valence electrons. The molecule has 0 saturated carbocycles. The number of piperazine rings is 1. The van der Waals surface area contributed by atoms with Gasteiger partial charge in [0, 0.05) is 107 Å². The van der Waals surface area contributed by atoms with E-state index >= 15 is 0 Å². The Kier molecular flexibility index (Phi) is 15.3. The van der Waals surface area contributed by atoms with Gasteiger partial charge in [0.05, 0.1) is 23.5 Å². The third-order valence-electron chi connectivity index (χ3n) is 15.3. The van der Waals surface area contributed by atoms with Crippen LogP contribution in [0.5, 0.6) is 23.3 Å². The van der Waals surface area contributed by atoms with E-state index in [0.717, 1.165) is 91.0 Å². The van der Waals surface area contributed by atoms with E-state index < -0.39 is 0 Å². The number of fused-ring (bicyclic) bond motifs is 2. The predicted octanol–water partition coefficient (Wildman–Crippen LogP) is 8.36. The second-order valence-corrected chi connectivity index (χ2v) is 21.0. The van der Waals surface area contributed by atoms with Gasteiger partial charge in [0.1, 0.15) is 23.1 Å². The van der Waals surface area contributed by atoms with E-state index in [1.54, 1.807) is 12.1 Å². The SMILES string of the molecule is CCC(=O)N1CCN(c2nc(NCCC(=O)N3CCC(Cc4ccc(CN(C)Cc5ccc(-n6c(O)nnc6-c6cc(C(C)C)c(O)cc6O)cc5)cc4)CC3)nc3c2CCN(c2cc(O)cc4ccccc24)C3)CC1. The lowest BCUT2D eigenvalue weighted by Crippen LogP contribution is -2.49. The highest BCUT2D eigenvalue weighted by Gasteiger charge is 2.30. The van der Waals surface area contributed by atoms with E-state index in [-0.39, 0.29) is 46.8 Å². The number of carbonyl (C=O) groups is 2. The summed E-state index contributed by atoms with van der Waals surface area (Å²) in [5.74, 6) is 2.53. The minimum atomic E-state index is -0.305. The zero-order valence-corrected chi connectivity index (χ0v) is 44.0. The number of hydrogen-bond acceptors (Lipinski definition) is 14. The van der Waals surface area contributed by atoms with Crippen LogP contribution < -0.4 is 15.1 Å². The van der Waals surface area contributed by atoms with Gasteiger partial charge in [-0.25, -0.2) is 9.55 Å². The maximum absolute atomic E-state index is 13.6. The number of aromatic nitrogens is 5. The van der Waals surface area contributed by atoms with Crippen molar-refractivity contribution >= 4 is 40.0 Å². The zero-order chi connectivity index (χ0) is 53.0. The lowest BCUT2D eigenvalue weighted by molar-refractivity contribution is -0.132. The fourth-order valence-corrected chi connectivity index (χ4v) is 11.2. The molecule has 3 aliphatic rings. The molecule has 5 N–H and O–H groups in total. The molecule has 2 saturated heterocycles. The number of anilines is 3. The van der Waals surface area contributed by atoms with Gasteiger partial charge in [-0.15, -0.1) is 5.10 Å². The van der Waals surface area contributed by atoms with Gasteiger partial charge in [-0.3, -0.25) is 14.5 Å². The van der Waals surface area contributed by atoms with Crippen molar-refractivity contribution in [2.24, 2.45) is 5.92 Å². The maximum atomic E-state index is 13.6. The van der Waals surface area contributed by atoms with Crippen molar-refractivity contribution in [2.75, 3.05) is 74.5 Å². The normalized spacial score (nSPS) is 15.2. The number of phenolic OH excluding ortho intramolecular Hbond substituents is 3. The van der Waals surface area contributed by atoms with Crippen LogP contribution in [0.4, 0.5) is 17.5 Å². The summed E-state index contributed by atoms with van der Waals surface area (Å²) in [5, 5.41) is 56.0. The van der Waals surface area contributed by atoms with Crippen molar-refractivity contribution in [3.05, 3.63) is 131 Å². The molecule has 17 nitrogen and oxygen atoms in total. The number of carbonyl (C=O) groups excluding carboxylic acids is 2. The molecule has 76 heavy (non-hydrogen) atoms. The lowest BCUT2D eigenvalue weighted by Gasteiger charge is -2.38. The van der Waals surface area contributed by atoms with Gasteiger partial charge in [0.2, 0.25) is 17.8 Å². The molecule has 0 unspecified atom stereocenters. The van der Waals surface area contributed by atoms with Gasteiger partial charge in [0.15, 0.2) is 5.82 Å². The molecule has 17 heteroatoms. The molecule has 0 atom stereocenters. The second kappa shape index (κ2) is 22.5. The Balaban J connectivity index is 0.704.